The zero-order chi connectivity index (χ0) is 15.4. The molecule has 0 saturated carbocycles. The summed E-state index contributed by atoms with van der Waals surface area (Å²) in [5, 5.41) is 17.1. The number of halogens is 1. The normalized spacial score (nSPS) is 14.1. The van der Waals surface area contributed by atoms with E-state index in [1.807, 2.05) is 20.0 Å². The van der Waals surface area contributed by atoms with Crippen molar-refractivity contribution in [1.29, 1.82) is 0 Å². The van der Waals surface area contributed by atoms with Crippen molar-refractivity contribution in [2.24, 2.45) is 0 Å². The molecule has 2 N–H and O–H groups in total. The second kappa shape index (κ2) is 6.83. The van der Waals surface area contributed by atoms with Crippen LogP contribution in [0.3, 0.4) is 0 Å². The molecule has 0 bridgehead atoms. The van der Waals surface area contributed by atoms with E-state index in [-0.39, 0.29) is 24.5 Å². The van der Waals surface area contributed by atoms with Gasteiger partial charge in [0.1, 0.15) is 5.82 Å². The fourth-order valence-electron chi connectivity index (χ4n) is 2.43. The van der Waals surface area contributed by atoms with Gasteiger partial charge in [-0.1, -0.05) is 6.92 Å². The number of hydrogen-bond donors (Lipinski definition) is 2. The zero-order valence-electron chi connectivity index (χ0n) is 12.7. The van der Waals surface area contributed by atoms with Crippen molar-refractivity contribution in [1.82, 2.24) is 15.1 Å². The highest BCUT2D eigenvalue weighted by atomic mass is 19.1. The maximum atomic E-state index is 13.0. The molecule has 2 unspecified atom stereocenters. The lowest BCUT2D eigenvalue weighted by molar-refractivity contribution is 0.230. The van der Waals surface area contributed by atoms with Crippen LogP contribution in [0.15, 0.2) is 30.5 Å². The molecule has 21 heavy (non-hydrogen) atoms. The number of benzene rings is 1. The average Bonchev–Trinajstić information content (AvgIpc) is 2.87. The third kappa shape index (κ3) is 3.49. The van der Waals surface area contributed by atoms with E-state index in [1.54, 1.807) is 16.8 Å². The Bertz CT molecular complexity index is 576. The summed E-state index contributed by atoms with van der Waals surface area (Å²) in [6.45, 7) is 6.20. The maximum Gasteiger partial charge on any atom is 0.123 e. The van der Waals surface area contributed by atoms with Crippen molar-refractivity contribution in [3.05, 3.63) is 47.5 Å². The number of nitrogens with zero attached hydrogens (tertiary/aromatic N) is 2. The average molecular weight is 291 g/mol. The minimum absolute atomic E-state index is 0.0774. The van der Waals surface area contributed by atoms with Crippen LogP contribution in [0.25, 0.3) is 5.69 Å². The third-order valence-corrected chi connectivity index (χ3v) is 3.78. The molecule has 2 atom stereocenters. The first-order valence-electron chi connectivity index (χ1n) is 7.24. The Labute approximate surface area is 124 Å². The lowest BCUT2D eigenvalue weighted by Crippen LogP contribution is -2.34. The lowest BCUT2D eigenvalue weighted by atomic mass is 10.1. The van der Waals surface area contributed by atoms with E-state index in [4.69, 9.17) is 0 Å². The first-order chi connectivity index (χ1) is 10.1. The summed E-state index contributed by atoms with van der Waals surface area (Å²) in [5.41, 5.74) is 2.92. The van der Waals surface area contributed by atoms with E-state index in [0.29, 0.717) is 0 Å². The standard InChI is InChI=1S/C16H22FN3O/c1-4-14(10-21)19-11(2)16-9-18-20(12(16)3)15-7-5-13(17)6-8-15/h5-9,11,14,19,21H,4,10H2,1-3H3. The number of aliphatic hydroxyl groups is 1. The van der Waals surface area contributed by atoms with Gasteiger partial charge in [-0.05, 0) is 44.5 Å². The van der Waals surface area contributed by atoms with Gasteiger partial charge in [-0.3, -0.25) is 0 Å². The Morgan fingerprint density at radius 3 is 2.57 bits per heavy atom. The first kappa shape index (κ1) is 15.7. The van der Waals surface area contributed by atoms with E-state index >= 15 is 0 Å². The highest BCUT2D eigenvalue weighted by Crippen LogP contribution is 2.21. The molecule has 0 radical (unpaired) electrons. The van der Waals surface area contributed by atoms with Crippen molar-refractivity contribution in [2.45, 2.75) is 39.3 Å². The van der Waals surface area contributed by atoms with Crippen molar-refractivity contribution in [3.8, 4) is 5.69 Å². The number of hydrogen-bond acceptors (Lipinski definition) is 3. The maximum absolute atomic E-state index is 13.0. The summed E-state index contributed by atoms with van der Waals surface area (Å²) >= 11 is 0. The van der Waals surface area contributed by atoms with Gasteiger partial charge in [0.2, 0.25) is 0 Å². The minimum atomic E-state index is -0.257. The molecule has 0 saturated heterocycles. The molecule has 0 spiro atoms. The number of rotatable bonds is 6. The summed E-state index contributed by atoms with van der Waals surface area (Å²) in [7, 11) is 0. The number of aliphatic hydroxyl groups excluding tert-OH is 1. The summed E-state index contributed by atoms with van der Waals surface area (Å²) < 4.78 is 14.8. The van der Waals surface area contributed by atoms with Gasteiger partial charge in [-0.15, -0.1) is 0 Å². The Morgan fingerprint density at radius 1 is 1.33 bits per heavy atom. The largest absolute Gasteiger partial charge is 0.395 e. The predicted octanol–water partition coefficient (Wildman–Crippen LogP) is 2.74. The zero-order valence-corrected chi connectivity index (χ0v) is 12.7. The van der Waals surface area contributed by atoms with Crippen LogP contribution in [0.2, 0.25) is 0 Å². The quantitative estimate of drug-likeness (QED) is 0.860. The van der Waals surface area contributed by atoms with Crippen LogP contribution in [-0.4, -0.2) is 27.5 Å². The highest BCUT2D eigenvalue weighted by Gasteiger charge is 2.16. The molecule has 0 aliphatic carbocycles. The number of aromatic nitrogens is 2. The van der Waals surface area contributed by atoms with E-state index in [0.717, 1.165) is 23.4 Å². The Hall–Kier alpha value is -1.72. The molecule has 0 amide bonds. The molecule has 0 aliphatic rings. The predicted molar refractivity (Wildman–Crippen MR) is 81.0 cm³/mol. The van der Waals surface area contributed by atoms with E-state index in [2.05, 4.69) is 17.3 Å². The Balaban J connectivity index is 2.22. The molecular weight excluding hydrogens is 269 g/mol. The minimum Gasteiger partial charge on any atom is -0.395 e. The summed E-state index contributed by atoms with van der Waals surface area (Å²) in [4.78, 5) is 0. The van der Waals surface area contributed by atoms with Crippen LogP contribution in [0.4, 0.5) is 4.39 Å². The van der Waals surface area contributed by atoms with Crippen molar-refractivity contribution >= 4 is 0 Å². The van der Waals surface area contributed by atoms with Crippen molar-refractivity contribution < 1.29 is 9.50 Å². The van der Waals surface area contributed by atoms with Gasteiger partial charge in [0, 0.05) is 23.3 Å². The lowest BCUT2D eigenvalue weighted by Gasteiger charge is -2.20. The highest BCUT2D eigenvalue weighted by molar-refractivity contribution is 5.35. The second-order valence-corrected chi connectivity index (χ2v) is 5.25. The molecular formula is C16H22FN3O. The van der Waals surface area contributed by atoms with Crippen LogP contribution in [0, 0.1) is 12.7 Å². The fourth-order valence-corrected chi connectivity index (χ4v) is 2.43. The van der Waals surface area contributed by atoms with Crippen LogP contribution < -0.4 is 5.32 Å². The van der Waals surface area contributed by atoms with Crippen molar-refractivity contribution in [3.63, 3.8) is 0 Å². The summed E-state index contributed by atoms with van der Waals surface area (Å²) in [6.07, 6.45) is 2.69. The third-order valence-electron chi connectivity index (χ3n) is 3.78. The Kier molecular flexibility index (Phi) is 5.09. The fraction of sp³-hybridized carbons (Fsp3) is 0.438. The van der Waals surface area contributed by atoms with Gasteiger partial charge in [0.15, 0.2) is 0 Å². The molecule has 0 fully saturated rings. The molecule has 0 aliphatic heterocycles. The van der Waals surface area contributed by atoms with Gasteiger partial charge < -0.3 is 10.4 Å². The molecule has 1 aromatic carbocycles. The molecule has 1 heterocycles. The van der Waals surface area contributed by atoms with E-state index in [1.165, 1.54) is 12.1 Å². The molecule has 2 rings (SSSR count). The molecule has 5 heteroatoms. The van der Waals surface area contributed by atoms with Gasteiger partial charge in [-0.25, -0.2) is 9.07 Å². The molecule has 1 aromatic heterocycles. The number of nitrogens with one attached hydrogen (secondary N) is 1. The van der Waals surface area contributed by atoms with Crippen LogP contribution in [0.1, 0.15) is 37.6 Å². The monoisotopic (exact) mass is 291 g/mol. The Morgan fingerprint density at radius 2 is 2.00 bits per heavy atom. The smallest absolute Gasteiger partial charge is 0.123 e. The van der Waals surface area contributed by atoms with Gasteiger partial charge >= 0.3 is 0 Å². The van der Waals surface area contributed by atoms with Crippen molar-refractivity contribution in [2.75, 3.05) is 6.61 Å². The van der Waals surface area contributed by atoms with Crippen LogP contribution >= 0.6 is 0 Å². The summed E-state index contributed by atoms with van der Waals surface area (Å²) in [6, 6.07) is 6.44. The molecule has 114 valence electrons. The van der Waals surface area contributed by atoms with Gasteiger partial charge in [-0.2, -0.15) is 5.10 Å². The molecule has 4 nitrogen and oxygen atoms in total. The van der Waals surface area contributed by atoms with Crippen LogP contribution in [-0.2, 0) is 0 Å². The molecule has 2 aromatic rings. The topological polar surface area (TPSA) is 50.1 Å². The van der Waals surface area contributed by atoms with Crippen LogP contribution in [0.5, 0.6) is 0 Å². The van der Waals surface area contributed by atoms with E-state index in [9.17, 15) is 9.50 Å². The second-order valence-electron chi connectivity index (χ2n) is 5.25. The first-order valence-corrected chi connectivity index (χ1v) is 7.24. The SMILES string of the molecule is CCC(CO)NC(C)c1cnn(-c2ccc(F)cc2)c1C. The summed E-state index contributed by atoms with van der Waals surface area (Å²) in [5.74, 6) is -0.257. The van der Waals surface area contributed by atoms with Gasteiger partial charge in [0.05, 0.1) is 18.5 Å². The van der Waals surface area contributed by atoms with Gasteiger partial charge in [0.25, 0.3) is 0 Å². The van der Waals surface area contributed by atoms with E-state index < -0.39 is 0 Å².